The molecular weight excluding hydrogens is 398 g/mol. The first-order valence-corrected chi connectivity index (χ1v) is 11.2. The van der Waals surface area contributed by atoms with Crippen molar-refractivity contribution in [1.82, 2.24) is 9.55 Å². The zero-order valence-corrected chi connectivity index (χ0v) is 18.5. The van der Waals surface area contributed by atoms with Crippen LogP contribution >= 0.6 is 0 Å². The van der Waals surface area contributed by atoms with Gasteiger partial charge >= 0.3 is 0 Å². The smallest absolute Gasteiger partial charge is 0.227 e. The van der Waals surface area contributed by atoms with Gasteiger partial charge in [0, 0.05) is 31.1 Å². The van der Waals surface area contributed by atoms with Gasteiger partial charge in [-0.15, -0.1) is 0 Å². The van der Waals surface area contributed by atoms with E-state index >= 15 is 0 Å². The van der Waals surface area contributed by atoms with Gasteiger partial charge in [0.2, 0.25) is 5.91 Å². The van der Waals surface area contributed by atoms with Gasteiger partial charge in [0.1, 0.15) is 11.6 Å². The first-order chi connectivity index (χ1) is 15.6. The van der Waals surface area contributed by atoms with Crippen LogP contribution in [0, 0.1) is 6.92 Å². The molecule has 1 amide bonds. The van der Waals surface area contributed by atoms with Crippen LogP contribution in [-0.4, -0.2) is 28.6 Å². The minimum Gasteiger partial charge on any atom is -0.494 e. The first-order valence-electron chi connectivity index (χ1n) is 11.2. The van der Waals surface area contributed by atoms with Gasteiger partial charge in [-0.1, -0.05) is 42.0 Å². The number of aryl methyl sites for hydroxylation is 1. The van der Waals surface area contributed by atoms with E-state index in [2.05, 4.69) is 41.8 Å². The number of anilines is 1. The summed E-state index contributed by atoms with van der Waals surface area (Å²) in [7, 11) is 0. The van der Waals surface area contributed by atoms with Crippen LogP contribution in [0.2, 0.25) is 0 Å². The number of hydrogen-bond acceptors (Lipinski definition) is 3. The number of ether oxygens (including phenoxy) is 1. The Morgan fingerprint density at radius 2 is 1.75 bits per heavy atom. The summed E-state index contributed by atoms with van der Waals surface area (Å²) in [5.41, 5.74) is 5.46. The zero-order valence-electron chi connectivity index (χ0n) is 18.5. The molecule has 0 radical (unpaired) electrons. The van der Waals surface area contributed by atoms with Crippen LogP contribution in [-0.2, 0) is 11.3 Å². The molecule has 1 fully saturated rings. The Morgan fingerprint density at radius 1 is 1.00 bits per heavy atom. The van der Waals surface area contributed by atoms with Gasteiger partial charge in [0.05, 0.1) is 17.6 Å². The molecule has 0 N–H and O–H groups in total. The molecule has 3 aromatic carbocycles. The Labute approximate surface area is 188 Å². The summed E-state index contributed by atoms with van der Waals surface area (Å²) in [6, 6.07) is 24.6. The van der Waals surface area contributed by atoms with E-state index in [0.29, 0.717) is 19.6 Å². The summed E-state index contributed by atoms with van der Waals surface area (Å²) in [6.07, 6.45) is 0.463. The Bertz CT molecular complexity index is 1240. The quantitative estimate of drug-likeness (QED) is 0.420. The monoisotopic (exact) mass is 425 g/mol. The van der Waals surface area contributed by atoms with Gasteiger partial charge in [0.15, 0.2) is 0 Å². The van der Waals surface area contributed by atoms with Crippen molar-refractivity contribution in [3.63, 3.8) is 0 Å². The molecule has 1 saturated heterocycles. The van der Waals surface area contributed by atoms with E-state index in [4.69, 9.17) is 9.72 Å². The lowest BCUT2D eigenvalue weighted by Gasteiger charge is -2.18. The van der Waals surface area contributed by atoms with Crippen molar-refractivity contribution in [2.24, 2.45) is 0 Å². The Morgan fingerprint density at radius 3 is 2.50 bits per heavy atom. The standard InChI is InChI=1S/C27H27N3O2/c1-3-32-23-14-12-22(13-15-23)29-18-21(16-26(29)31)27-28-24-6-4-5-7-25(24)30(27)17-20-10-8-19(2)9-11-20/h4-15,21H,3,16-18H2,1-2H3/t21-/m0/s1. The summed E-state index contributed by atoms with van der Waals surface area (Å²) >= 11 is 0. The second kappa shape index (κ2) is 8.50. The third-order valence-corrected chi connectivity index (χ3v) is 6.09. The lowest BCUT2D eigenvalue weighted by molar-refractivity contribution is -0.117. The van der Waals surface area contributed by atoms with E-state index in [0.717, 1.165) is 34.8 Å². The number of carbonyl (C=O) groups is 1. The topological polar surface area (TPSA) is 47.4 Å². The highest BCUT2D eigenvalue weighted by molar-refractivity contribution is 5.96. The normalized spacial score (nSPS) is 16.1. The van der Waals surface area contributed by atoms with Crippen molar-refractivity contribution in [3.05, 3.63) is 89.7 Å². The number of fused-ring (bicyclic) bond motifs is 1. The van der Waals surface area contributed by atoms with Crippen LogP contribution < -0.4 is 9.64 Å². The van der Waals surface area contributed by atoms with E-state index in [1.54, 1.807) is 0 Å². The number of imidazole rings is 1. The summed E-state index contributed by atoms with van der Waals surface area (Å²) in [5, 5.41) is 0. The third kappa shape index (κ3) is 3.86. The van der Waals surface area contributed by atoms with Crippen molar-refractivity contribution in [2.45, 2.75) is 32.7 Å². The second-order valence-electron chi connectivity index (χ2n) is 8.36. The Balaban J connectivity index is 1.46. The van der Waals surface area contributed by atoms with E-state index in [9.17, 15) is 4.79 Å². The second-order valence-corrected chi connectivity index (χ2v) is 8.36. The van der Waals surface area contributed by atoms with Crippen molar-refractivity contribution in [3.8, 4) is 5.75 Å². The van der Waals surface area contributed by atoms with Crippen molar-refractivity contribution < 1.29 is 9.53 Å². The van der Waals surface area contributed by atoms with Crippen molar-refractivity contribution in [1.29, 1.82) is 0 Å². The molecule has 0 unspecified atom stereocenters. The summed E-state index contributed by atoms with van der Waals surface area (Å²) in [4.78, 5) is 19.8. The van der Waals surface area contributed by atoms with Gasteiger partial charge in [-0.3, -0.25) is 4.79 Å². The number of hydrogen-bond donors (Lipinski definition) is 0. The first kappa shape index (κ1) is 20.3. The van der Waals surface area contributed by atoms with Crippen molar-refractivity contribution in [2.75, 3.05) is 18.1 Å². The van der Waals surface area contributed by atoms with E-state index in [1.165, 1.54) is 11.1 Å². The molecular formula is C27H27N3O2. The largest absolute Gasteiger partial charge is 0.494 e. The van der Waals surface area contributed by atoms with Gasteiger partial charge in [-0.05, 0) is 55.8 Å². The van der Waals surface area contributed by atoms with Crippen LogP contribution in [0.25, 0.3) is 11.0 Å². The molecule has 1 aromatic heterocycles. The van der Waals surface area contributed by atoms with Gasteiger partial charge in [-0.2, -0.15) is 0 Å². The van der Waals surface area contributed by atoms with E-state index in [-0.39, 0.29) is 11.8 Å². The van der Waals surface area contributed by atoms with Crippen LogP contribution in [0.3, 0.4) is 0 Å². The molecule has 162 valence electrons. The molecule has 5 heteroatoms. The Kier molecular flexibility index (Phi) is 5.39. The zero-order chi connectivity index (χ0) is 22.1. The number of aromatic nitrogens is 2. The number of para-hydroxylation sites is 2. The third-order valence-electron chi connectivity index (χ3n) is 6.09. The molecule has 0 saturated carbocycles. The minimum atomic E-state index is 0.0481. The molecule has 4 aromatic rings. The molecule has 1 atom stereocenters. The number of carbonyl (C=O) groups excluding carboxylic acids is 1. The summed E-state index contributed by atoms with van der Waals surface area (Å²) < 4.78 is 7.81. The van der Waals surface area contributed by atoms with Crippen molar-refractivity contribution >= 4 is 22.6 Å². The fourth-order valence-corrected chi connectivity index (χ4v) is 4.47. The molecule has 1 aliphatic rings. The molecule has 1 aliphatic heterocycles. The highest BCUT2D eigenvalue weighted by Gasteiger charge is 2.34. The molecule has 5 nitrogen and oxygen atoms in total. The molecule has 32 heavy (non-hydrogen) atoms. The predicted molar refractivity (Wildman–Crippen MR) is 127 cm³/mol. The molecule has 0 spiro atoms. The minimum absolute atomic E-state index is 0.0481. The highest BCUT2D eigenvalue weighted by atomic mass is 16.5. The summed E-state index contributed by atoms with van der Waals surface area (Å²) in [6.45, 7) is 6.06. The van der Waals surface area contributed by atoms with Crippen LogP contribution in [0.5, 0.6) is 5.75 Å². The van der Waals surface area contributed by atoms with Crippen LogP contribution in [0.4, 0.5) is 5.69 Å². The highest BCUT2D eigenvalue weighted by Crippen LogP contribution is 2.34. The maximum Gasteiger partial charge on any atom is 0.227 e. The number of rotatable bonds is 6. The molecule has 5 rings (SSSR count). The fraction of sp³-hybridized carbons (Fsp3) is 0.259. The van der Waals surface area contributed by atoms with Gasteiger partial charge in [-0.25, -0.2) is 4.98 Å². The fourth-order valence-electron chi connectivity index (χ4n) is 4.47. The number of nitrogens with zero attached hydrogens (tertiary/aromatic N) is 3. The predicted octanol–water partition coefficient (Wildman–Crippen LogP) is 5.31. The SMILES string of the molecule is CCOc1ccc(N2C[C@@H](c3nc4ccccc4n3Cc3ccc(C)cc3)CC2=O)cc1. The Hall–Kier alpha value is -3.60. The van der Waals surface area contributed by atoms with Crippen LogP contribution in [0.15, 0.2) is 72.8 Å². The number of benzene rings is 3. The average molecular weight is 426 g/mol. The lowest BCUT2D eigenvalue weighted by Crippen LogP contribution is -2.24. The molecule has 0 aliphatic carbocycles. The number of amides is 1. The van der Waals surface area contributed by atoms with Gasteiger partial charge in [0.25, 0.3) is 0 Å². The maximum atomic E-state index is 12.9. The maximum absolute atomic E-state index is 12.9. The lowest BCUT2D eigenvalue weighted by atomic mass is 10.1. The average Bonchev–Trinajstić information content (AvgIpc) is 3.37. The van der Waals surface area contributed by atoms with Crippen LogP contribution in [0.1, 0.15) is 36.2 Å². The van der Waals surface area contributed by atoms with E-state index in [1.807, 2.05) is 54.3 Å². The molecule has 0 bridgehead atoms. The molecule has 2 heterocycles. The van der Waals surface area contributed by atoms with Gasteiger partial charge < -0.3 is 14.2 Å². The summed E-state index contributed by atoms with van der Waals surface area (Å²) in [5.74, 6) is 1.98. The van der Waals surface area contributed by atoms with E-state index < -0.39 is 0 Å².